The van der Waals surface area contributed by atoms with Crippen molar-refractivity contribution >= 4 is 17.6 Å². The zero-order chi connectivity index (χ0) is 15.6. The van der Waals surface area contributed by atoms with E-state index in [9.17, 15) is 9.59 Å². The molecule has 0 aliphatic rings. The molecule has 0 unspecified atom stereocenters. The Morgan fingerprint density at radius 1 is 1.38 bits per heavy atom. The van der Waals surface area contributed by atoms with E-state index in [1.807, 2.05) is 13.8 Å². The minimum Gasteiger partial charge on any atom is -0.478 e. The van der Waals surface area contributed by atoms with Gasteiger partial charge in [-0.15, -0.1) is 0 Å². The molecule has 1 heterocycles. The lowest BCUT2D eigenvalue weighted by Gasteiger charge is -2.09. The standard InChI is InChI=1S/C14H13ClN2O4/c1-7(2)13-16-11(18)6-12(17-13)21-10-4-3-8(14(19)20)5-9(10)15/h3-7H,1-2H3,(H,19,20)(H,16,17,18). The van der Waals surface area contributed by atoms with Gasteiger partial charge in [0.05, 0.1) is 16.7 Å². The molecule has 0 saturated carbocycles. The molecule has 0 aliphatic carbocycles. The van der Waals surface area contributed by atoms with Crippen LogP contribution in [0, 0.1) is 0 Å². The van der Waals surface area contributed by atoms with E-state index in [2.05, 4.69) is 9.97 Å². The second-order valence-electron chi connectivity index (χ2n) is 4.68. The summed E-state index contributed by atoms with van der Waals surface area (Å²) in [5.41, 5.74) is -0.281. The van der Waals surface area contributed by atoms with Crippen LogP contribution < -0.4 is 10.3 Å². The number of carboxylic acid groups (broad SMARTS) is 1. The van der Waals surface area contributed by atoms with Crippen LogP contribution in [-0.4, -0.2) is 21.0 Å². The number of nitrogens with zero attached hydrogens (tertiary/aromatic N) is 1. The van der Waals surface area contributed by atoms with Crippen LogP contribution >= 0.6 is 11.6 Å². The first-order valence-electron chi connectivity index (χ1n) is 6.19. The van der Waals surface area contributed by atoms with Crippen molar-refractivity contribution in [2.75, 3.05) is 0 Å². The SMILES string of the molecule is CC(C)c1nc(Oc2ccc(C(=O)O)cc2Cl)cc(=O)[nH]1. The zero-order valence-electron chi connectivity index (χ0n) is 11.4. The largest absolute Gasteiger partial charge is 0.478 e. The Bertz CT molecular complexity index is 740. The molecule has 0 amide bonds. The van der Waals surface area contributed by atoms with Gasteiger partial charge in [-0.2, -0.15) is 4.98 Å². The second kappa shape index (κ2) is 5.97. The molecule has 2 rings (SSSR count). The number of carboxylic acids is 1. The number of benzene rings is 1. The molecule has 110 valence electrons. The normalized spacial score (nSPS) is 10.7. The van der Waals surface area contributed by atoms with E-state index >= 15 is 0 Å². The van der Waals surface area contributed by atoms with Crippen molar-refractivity contribution in [3.63, 3.8) is 0 Å². The molecule has 2 N–H and O–H groups in total. The number of hydrogen-bond acceptors (Lipinski definition) is 4. The van der Waals surface area contributed by atoms with E-state index < -0.39 is 5.97 Å². The molecule has 2 aromatic rings. The van der Waals surface area contributed by atoms with Gasteiger partial charge in [-0.1, -0.05) is 25.4 Å². The molecule has 1 aromatic carbocycles. The molecule has 0 bridgehead atoms. The van der Waals surface area contributed by atoms with Crippen molar-refractivity contribution in [2.45, 2.75) is 19.8 Å². The molecule has 0 aliphatic heterocycles. The quantitative estimate of drug-likeness (QED) is 0.905. The molecule has 0 saturated heterocycles. The molecule has 0 radical (unpaired) electrons. The third-order valence-corrected chi connectivity index (χ3v) is 2.97. The minimum absolute atomic E-state index is 0.0334. The molecule has 1 aromatic heterocycles. The first-order chi connectivity index (χ1) is 9.86. The van der Waals surface area contributed by atoms with Gasteiger partial charge in [-0.25, -0.2) is 4.79 Å². The van der Waals surface area contributed by atoms with Crippen LogP contribution in [0.3, 0.4) is 0 Å². The first kappa shape index (κ1) is 15.1. The number of aromatic amines is 1. The van der Waals surface area contributed by atoms with E-state index in [0.29, 0.717) is 5.82 Å². The number of nitrogens with one attached hydrogen (secondary N) is 1. The van der Waals surface area contributed by atoms with Crippen molar-refractivity contribution in [1.82, 2.24) is 9.97 Å². The lowest BCUT2D eigenvalue weighted by atomic mass is 10.2. The highest BCUT2D eigenvalue weighted by molar-refractivity contribution is 6.32. The Hall–Kier alpha value is -2.34. The fourth-order valence-electron chi connectivity index (χ4n) is 1.61. The Kier molecular flexibility index (Phi) is 4.28. The van der Waals surface area contributed by atoms with Crippen LogP contribution in [0.1, 0.15) is 35.9 Å². The van der Waals surface area contributed by atoms with E-state index in [1.54, 1.807) is 0 Å². The second-order valence-corrected chi connectivity index (χ2v) is 5.08. The number of H-pyrrole nitrogens is 1. The van der Waals surface area contributed by atoms with Crippen LogP contribution in [0.25, 0.3) is 0 Å². The van der Waals surface area contributed by atoms with Gasteiger partial charge in [-0.3, -0.25) is 4.79 Å². The predicted molar refractivity (Wildman–Crippen MR) is 77.4 cm³/mol. The van der Waals surface area contributed by atoms with Crippen molar-refractivity contribution in [1.29, 1.82) is 0 Å². The summed E-state index contributed by atoms with van der Waals surface area (Å²) in [5, 5.41) is 8.99. The molecule has 0 fully saturated rings. The maximum Gasteiger partial charge on any atom is 0.335 e. The van der Waals surface area contributed by atoms with E-state index in [1.165, 1.54) is 24.3 Å². The van der Waals surface area contributed by atoms with Crippen molar-refractivity contribution < 1.29 is 14.6 Å². The van der Waals surface area contributed by atoms with Gasteiger partial charge >= 0.3 is 5.97 Å². The summed E-state index contributed by atoms with van der Waals surface area (Å²) in [5.74, 6) is -0.219. The monoisotopic (exact) mass is 308 g/mol. The van der Waals surface area contributed by atoms with Crippen molar-refractivity contribution in [3.05, 3.63) is 51.0 Å². The third-order valence-electron chi connectivity index (χ3n) is 2.68. The Morgan fingerprint density at radius 2 is 2.10 bits per heavy atom. The number of hydrogen-bond donors (Lipinski definition) is 2. The fraction of sp³-hybridized carbons (Fsp3) is 0.214. The third kappa shape index (κ3) is 3.61. The molecule has 21 heavy (non-hydrogen) atoms. The van der Waals surface area contributed by atoms with Gasteiger partial charge in [0.25, 0.3) is 5.56 Å². The summed E-state index contributed by atoms with van der Waals surface area (Å²) in [6, 6.07) is 5.26. The van der Waals surface area contributed by atoms with Gasteiger partial charge in [0, 0.05) is 5.92 Å². The fourth-order valence-corrected chi connectivity index (χ4v) is 1.83. The van der Waals surface area contributed by atoms with E-state index in [-0.39, 0.29) is 33.7 Å². The molecular formula is C14H13ClN2O4. The topological polar surface area (TPSA) is 92.3 Å². The molecular weight excluding hydrogens is 296 g/mol. The molecule has 6 nitrogen and oxygen atoms in total. The molecule has 7 heteroatoms. The smallest absolute Gasteiger partial charge is 0.335 e. The van der Waals surface area contributed by atoms with Crippen molar-refractivity contribution in [2.24, 2.45) is 0 Å². The van der Waals surface area contributed by atoms with Crippen LogP contribution in [-0.2, 0) is 0 Å². The molecule has 0 atom stereocenters. The summed E-state index contributed by atoms with van der Waals surface area (Å²) >= 11 is 5.96. The zero-order valence-corrected chi connectivity index (χ0v) is 12.1. The van der Waals surface area contributed by atoms with Crippen LogP contribution in [0.5, 0.6) is 11.6 Å². The van der Waals surface area contributed by atoms with Gasteiger partial charge < -0.3 is 14.8 Å². The highest BCUT2D eigenvalue weighted by atomic mass is 35.5. The summed E-state index contributed by atoms with van der Waals surface area (Å²) in [7, 11) is 0. The summed E-state index contributed by atoms with van der Waals surface area (Å²) in [6.07, 6.45) is 0. The number of ether oxygens (including phenoxy) is 1. The minimum atomic E-state index is -1.08. The van der Waals surface area contributed by atoms with E-state index in [4.69, 9.17) is 21.4 Å². The number of aromatic carboxylic acids is 1. The summed E-state index contributed by atoms with van der Waals surface area (Å²) in [4.78, 5) is 29.2. The Labute approximate surface area is 125 Å². The van der Waals surface area contributed by atoms with Gasteiger partial charge in [-0.05, 0) is 18.2 Å². The number of aromatic nitrogens is 2. The molecule has 0 spiro atoms. The average molecular weight is 309 g/mol. The Morgan fingerprint density at radius 3 is 2.67 bits per heavy atom. The first-order valence-corrected chi connectivity index (χ1v) is 6.56. The van der Waals surface area contributed by atoms with Gasteiger partial charge in [0.15, 0.2) is 0 Å². The predicted octanol–water partition coefficient (Wildman–Crippen LogP) is 3.04. The van der Waals surface area contributed by atoms with Crippen molar-refractivity contribution in [3.8, 4) is 11.6 Å². The van der Waals surface area contributed by atoms with Crippen LogP contribution in [0.2, 0.25) is 5.02 Å². The van der Waals surface area contributed by atoms with Gasteiger partial charge in [0.2, 0.25) is 5.88 Å². The lowest BCUT2D eigenvalue weighted by molar-refractivity contribution is 0.0697. The number of halogens is 1. The average Bonchev–Trinajstić information content (AvgIpc) is 2.40. The lowest BCUT2D eigenvalue weighted by Crippen LogP contribution is -2.12. The summed E-state index contributed by atoms with van der Waals surface area (Å²) in [6.45, 7) is 3.77. The summed E-state index contributed by atoms with van der Waals surface area (Å²) < 4.78 is 5.46. The van der Waals surface area contributed by atoms with Crippen LogP contribution in [0.4, 0.5) is 0 Å². The maximum atomic E-state index is 11.5. The highest BCUT2D eigenvalue weighted by Crippen LogP contribution is 2.29. The Balaban J connectivity index is 2.34. The number of rotatable bonds is 4. The van der Waals surface area contributed by atoms with E-state index in [0.717, 1.165) is 0 Å². The number of carbonyl (C=O) groups is 1. The van der Waals surface area contributed by atoms with Crippen LogP contribution in [0.15, 0.2) is 29.1 Å². The maximum absolute atomic E-state index is 11.5. The van der Waals surface area contributed by atoms with Gasteiger partial charge in [0.1, 0.15) is 11.6 Å². The highest BCUT2D eigenvalue weighted by Gasteiger charge is 2.11.